The van der Waals surface area contributed by atoms with E-state index in [4.69, 9.17) is 15.0 Å². The average Bonchev–Trinajstić information content (AvgIpc) is 4.15. The van der Waals surface area contributed by atoms with Crippen molar-refractivity contribution in [2.75, 3.05) is 0 Å². The van der Waals surface area contributed by atoms with Crippen molar-refractivity contribution in [1.82, 2.24) is 28.7 Å². The number of rotatable bonds is 4. The molecule has 16 rings (SSSR count). The van der Waals surface area contributed by atoms with E-state index in [-0.39, 0.29) is 0 Å². The van der Waals surface area contributed by atoms with Crippen LogP contribution in [-0.4, -0.2) is 28.7 Å². The topological polar surface area (TPSA) is 53.5 Å². The molecule has 0 saturated carbocycles. The van der Waals surface area contributed by atoms with Gasteiger partial charge >= 0.3 is 0 Å². The number of hydrogen-bond acceptors (Lipinski definition) is 4. The number of aromatic nitrogens is 6. The van der Waals surface area contributed by atoms with E-state index in [0.717, 1.165) is 61.9 Å². The van der Waals surface area contributed by atoms with Crippen LogP contribution in [0, 0.1) is 0 Å². The average molecular weight is 923 g/mol. The van der Waals surface area contributed by atoms with E-state index in [1.165, 1.54) is 75.3 Å². The minimum Gasteiger partial charge on any atom is -0.309 e. The number of benzene rings is 8. The van der Waals surface area contributed by atoms with E-state index in [0.29, 0.717) is 0 Å². The van der Waals surface area contributed by atoms with Gasteiger partial charge in [-0.2, -0.15) is 0 Å². The zero-order chi connectivity index (χ0) is 46.4. The molecule has 8 aromatic carbocycles. The van der Waals surface area contributed by atoms with Crippen LogP contribution in [-0.2, 0) is 5.41 Å². The third-order valence-electron chi connectivity index (χ3n) is 15.3. The third kappa shape index (κ3) is 5.25. The molecule has 0 N–H and O–H groups in total. The van der Waals surface area contributed by atoms with Crippen LogP contribution in [0.25, 0.3) is 105 Å². The van der Waals surface area contributed by atoms with Gasteiger partial charge in [0.2, 0.25) is 0 Å². The summed E-state index contributed by atoms with van der Waals surface area (Å²) in [5.74, 6) is 0.871. The van der Waals surface area contributed by atoms with E-state index in [2.05, 4.69) is 226 Å². The number of para-hydroxylation sites is 5. The zero-order valence-electron chi connectivity index (χ0n) is 38.0. The predicted molar refractivity (Wildman–Crippen MR) is 290 cm³/mol. The highest BCUT2D eigenvalue weighted by molar-refractivity contribution is 7.99. The lowest BCUT2D eigenvalue weighted by Crippen LogP contribution is -2.32. The fourth-order valence-electron chi connectivity index (χ4n) is 12.4. The summed E-state index contributed by atoms with van der Waals surface area (Å²) in [4.78, 5) is 17.7. The maximum absolute atomic E-state index is 5.08. The highest BCUT2D eigenvalue weighted by atomic mass is 32.2. The number of nitrogens with zero attached hydrogens (tertiary/aromatic N) is 6. The van der Waals surface area contributed by atoms with Crippen molar-refractivity contribution < 1.29 is 0 Å². The highest BCUT2D eigenvalue weighted by Crippen LogP contribution is 2.62. The lowest BCUT2D eigenvalue weighted by Gasteiger charge is -2.39. The Morgan fingerprint density at radius 1 is 0.310 bits per heavy atom. The van der Waals surface area contributed by atoms with Gasteiger partial charge in [0, 0.05) is 72.5 Å². The second kappa shape index (κ2) is 14.5. The van der Waals surface area contributed by atoms with Crippen LogP contribution in [0.15, 0.2) is 241 Å². The molecule has 0 unspecified atom stereocenters. The minimum absolute atomic E-state index is 0.679. The molecule has 0 radical (unpaired) electrons. The summed E-state index contributed by atoms with van der Waals surface area (Å²) in [7, 11) is 0. The van der Waals surface area contributed by atoms with Crippen LogP contribution in [0.2, 0.25) is 0 Å². The SMILES string of the molecule is c1cnc2c(c1)C1(c3cc(-c4ccc5c(c4)c4ccccc4n5-c4cc(-n5c6ccccc6c6ccccc65)ccn4)ccc3Sc3ccc(-n4c5ccccc5c5ccccc54)cc31)c1cccnc1-2. The lowest BCUT2D eigenvalue weighted by atomic mass is 9.67. The van der Waals surface area contributed by atoms with Crippen LogP contribution in [0.4, 0.5) is 0 Å². The Balaban J connectivity index is 0.892. The Morgan fingerprint density at radius 3 is 1.34 bits per heavy atom. The third-order valence-corrected chi connectivity index (χ3v) is 16.4. The zero-order valence-corrected chi connectivity index (χ0v) is 38.8. The molecule has 14 aromatic rings. The van der Waals surface area contributed by atoms with Gasteiger partial charge in [-0.1, -0.05) is 127 Å². The molecule has 71 heavy (non-hydrogen) atoms. The fraction of sp³-hybridized carbons (Fsp3) is 0.0156. The summed E-state index contributed by atoms with van der Waals surface area (Å²) in [6.45, 7) is 0. The maximum Gasteiger partial charge on any atom is 0.139 e. The van der Waals surface area contributed by atoms with Crippen molar-refractivity contribution in [2.24, 2.45) is 0 Å². The van der Waals surface area contributed by atoms with Crippen molar-refractivity contribution in [3.8, 4) is 39.7 Å². The summed E-state index contributed by atoms with van der Waals surface area (Å²) in [6, 6.07) is 77.7. The molecule has 0 amide bonds. The van der Waals surface area contributed by atoms with Crippen molar-refractivity contribution in [3.05, 3.63) is 253 Å². The molecule has 1 aliphatic heterocycles. The van der Waals surface area contributed by atoms with E-state index < -0.39 is 5.41 Å². The van der Waals surface area contributed by atoms with Crippen LogP contribution in [0.3, 0.4) is 0 Å². The summed E-state index contributed by atoms with van der Waals surface area (Å²) in [5.41, 5.74) is 17.4. The van der Waals surface area contributed by atoms with Crippen LogP contribution < -0.4 is 0 Å². The van der Waals surface area contributed by atoms with E-state index in [9.17, 15) is 0 Å². The Bertz CT molecular complexity index is 4440. The smallest absolute Gasteiger partial charge is 0.139 e. The van der Waals surface area contributed by atoms with E-state index in [1.807, 2.05) is 30.4 Å². The molecule has 0 atom stereocenters. The first kappa shape index (κ1) is 38.9. The van der Waals surface area contributed by atoms with Gasteiger partial charge in [-0.25, -0.2) is 4.98 Å². The number of hydrogen-bond donors (Lipinski definition) is 0. The normalized spacial score (nSPS) is 13.4. The molecular weight excluding hydrogens is 885 g/mol. The lowest BCUT2D eigenvalue weighted by molar-refractivity contribution is 0.718. The van der Waals surface area contributed by atoms with Gasteiger partial charge in [0.25, 0.3) is 0 Å². The van der Waals surface area contributed by atoms with Gasteiger partial charge in [-0.15, -0.1) is 0 Å². The molecule has 7 heteroatoms. The molecule has 2 aliphatic rings. The molecule has 7 heterocycles. The van der Waals surface area contributed by atoms with Crippen LogP contribution in [0.5, 0.6) is 0 Å². The molecule has 0 fully saturated rings. The van der Waals surface area contributed by atoms with Gasteiger partial charge < -0.3 is 9.13 Å². The van der Waals surface area contributed by atoms with Crippen molar-refractivity contribution in [1.29, 1.82) is 0 Å². The quantitative estimate of drug-likeness (QED) is 0.176. The number of fused-ring (bicyclic) bond motifs is 18. The predicted octanol–water partition coefficient (Wildman–Crippen LogP) is 15.7. The second-order valence-corrected chi connectivity index (χ2v) is 19.8. The minimum atomic E-state index is -0.679. The van der Waals surface area contributed by atoms with Gasteiger partial charge in [0.05, 0.1) is 55.6 Å². The molecule has 0 saturated heterocycles. The first-order valence-electron chi connectivity index (χ1n) is 24.1. The molecular formula is C64H38N6S. The molecule has 330 valence electrons. The molecule has 6 nitrogen and oxygen atoms in total. The molecule has 6 aromatic heterocycles. The largest absolute Gasteiger partial charge is 0.309 e. The first-order valence-corrected chi connectivity index (χ1v) is 24.9. The second-order valence-electron chi connectivity index (χ2n) is 18.7. The van der Waals surface area contributed by atoms with Crippen LogP contribution in [0.1, 0.15) is 22.3 Å². The van der Waals surface area contributed by atoms with E-state index >= 15 is 0 Å². The molecule has 1 aliphatic carbocycles. The fourth-order valence-corrected chi connectivity index (χ4v) is 13.5. The Morgan fingerprint density at radius 2 is 0.761 bits per heavy atom. The van der Waals surface area contributed by atoms with E-state index in [1.54, 1.807) is 0 Å². The van der Waals surface area contributed by atoms with Gasteiger partial charge in [0.15, 0.2) is 0 Å². The van der Waals surface area contributed by atoms with Crippen molar-refractivity contribution in [3.63, 3.8) is 0 Å². The summed E-state index contributed by atoms with van der Waals surface area (Å²) in [6.07, 6.45) is 5.75. The summed E-state index contributed by atoms with van der Waals surface area (Å²) < 4.78 is 7.11. The van der Waals surface area contributed by atoms with Gasteiger partial charge in [0.1, 0.15) is 5.82 Å². The monoisotopic (exact) mass is 922 g/mol. The maximum atomic E-state index is 5.08. The summed E-state index contributed by atoms with van der Waals surface area (Å²) >= 11 is 1.85. The van der Waals surface area contributed by atoms with Crippen molar-refractivity contribution >= 4 is 77.2 Å². The van der Waals surface area contributed by atoms with Crippen LogP contribution >= 0.6 is 11.8 Å². The number of pyridine rings is 3. The van der Waals surface area contributed by atoms with Gasteiger partial charge in [-0.05, 0) is 124 Å². The van der Waals surface area contributed by atoms with Gasteiger partial charge in [-0.3, -0.25) is 14.5 Å². The molecule has 1 spiro atoms. The Hall–Kier alpha value is -9.04. The summed E-state index contributed by atoms with van der Waals surface area (Å²) in [5, 5.41) is 7.32. The first-order chi connectivity index (χ1) is 35.2. The standard InChI is InChI=1S/C64H38N6S/c1-6-20-53-43(13-1)44-14-2-7-21-54(44)68(53)41-27-30-60-52(37-41)64(49-18-11-32-66-62(49)63-50(64)19-12-33-67-63)51-36-40(26-29-59(51)71-60)39-25-28-58-48(35-39)47-17-5-10-24-57(47)70(58)61-38-42(31-34-65-61)69-55-22-8-3-15-45(55)46-16-4-9-23-56(46)69/h1-38H. The van der Waals surface area contributed by atoms with Crippen molar-refractivity contribution in [2.45, 2.75) is 15.2 Å². The molecule has 0 bridgehead atoms. The Kier molecular flexibility index (Phi) is 7.94. The Labute approximate surface area is 411 Å². The highest BCUT2D eigenvalue weighted by Gasteiger charge is 2.52.